The minimum Gasteiger partial charge on any atom is -0.497 e. The van der Waals surface area contributed by atoms with Gasteiger partial charge in [-0.15, -0.1) is 13.2 Å². The SMILES string of the molecule is CCOC1=CC(F)(CN2CCN(C3CCN(S(=O)(=O)c4ccc(OC(F)(F)F)cc4)CC3)CC2)CC(OCC)=C1c1ccccc1. The van der Waals surface area contributed by atoms with Crippen LogP contribution in [-0.2, 0) is 19.5 Å². The number of halogens is 4. The molecule has 0 spiro atoms. The van der Waals surface area contributed by atoms with Gasteiger partial charge in [-0.05, 0) is 62.6 Å². The van der Waals surface area contributed by atoms with Crippen molar-refractivity contribution < 1.29 is 40.2 Å². The van der Waals surface area contributed by atoms with E-state index >= 15 is 4.39 Å². The Kier molecular flexibility index (Phi) is 10.7. The van der Waals surface area contributed by atoms with E-state index in [4.69, 9.17) is 9.47 Å². The van der Waals surface area contributed by atoms with E-state index in [0.717, 1.165) is 48.5 Å². The summed E-state index contributed by atoms with van der Waals surface area (Å²) in [5.41, 5.74) is 0.0588. The van der Waals surface area contributed by atoms with Crippen LogP contribution < -0.4 is 4.74 Å². The van der Waals surface area contributed by atoms with Crippen molar-refractivity contribution >= 4 is 15.6 Å². The molecule has 1 unspecified atom stereocenters. The molecular weight excluding hydrogens is 626 g/mol. The van der Waals surface area contributed by atoms with Crippen molar-refractivity contribution in [1.29, 1.82) is 0 Å². The summed E-state index contributed by atoms with van der Waals surface area (Å²) in [5, 5.41) is 0. The molecule has 2 fully saturated rings. The number of hydrogen-bond acceptors (Lipinski definition) is 7. The van der Waals surface area contributed by atoms with E-state index in [1.54, 1.807) is 6.08 Å². The number of piperazine rings is 1. The average molecular weight is 668 g/mol. The third-order valence-electron chi connectivity index (χ3n) is 8.58. The molecule has 1 aliphatic carbocycles. The zero-order valence-corrected chi connectivity index (χ0v) is 27.0. The first kappa shape index (κ1) is 34.2. The first-order chi connectivity index (χ1) is 21.9. The molecule has 3 aliphatic rings. The molecule has 46 heavy (non-hydrogen) atoms. The van der Waals surface area contributed by atoms with E-state index in [0.29, 0.717) is 63.8 Å². The highest BCUT2D eigenvalue weighted by Crippen LogP contribution is 2.41. The third kappa shape index (κ3) is 8.23. The standard InChI is InChI=1S/C33H41F4N3O5S/c1-3-43-29-22-32(34,23-30(44-4-2)31(29)25-8-6-5-7-9-25)24-38-18-20-39(21-19-38)26-14-16-40(17-15-26)46(41,42)28-12-10-27(11-13-28)45-33(35,36)37/h5-13,22,26H,3-4,14-21,23-24H2,1-2H3. The quantitative estimate of drug-likeness (QED) is 0.279. The van der Waals surface area contributed by atoms with Crippen LogP contribution in [0.3, 0.4) is 0 Å². The Labute approximate surface area is 268 Å². The van der Waals surface area contributed by atoms with Crippen LogP contribution in [0.4, 0.5) is 17.6 Å². The maximum Gasteiger partial charge on any atom is 0.573 e. The van der Waals surface area contributed by atoms with Crippen LogP contribution in [0.2, 0.25) is 0 Å². The summed E-state index contributed by atoms with van der Waals surface area (Å²) in [5.74, 6) is 0.616. The molecule has 2 aromatic rings. The fraction of sp³-hybridized carbons (Fsp3) is 0.515. The van der Waals surface area contributed by atoms with Crippen LogP contribution in [-0.4, -0.2) is 99.6 Å². The van der Waals surface area contributed by atoms with Crippen molar-refractivity contribution in [1.82, 2.24) is 14.1 Å². The lowest BCUT2D eigenvalue weighted by Gasteiger charge is -2.44. The Balaban J connectivity index is 1.16. The Morgan fingerprint density at radius 1 is 0.870 bits per heavy atom. The van der Waals surface area contributed by atoms with Gasteiger partial charge in [-0.1, -0.05) is 30.3 Å². The van der Waals surface area contributed by atoms with Gasteiger partial charge in [0.15, 0.2) is 5.67 Å². The second-order valence-corrected chi connectivity index (χ2v) is 13.7. The fourth-order valence-corrected chi connectivity index (χ4v) is 7.97. The first-order valence-corrected chi connectivity index (χ1v) is 17.1. The Morgan fingerprint density at radius 3 is 2.09 bits per heavy atom. The number of nitrogens with zero attached hydrogens (tertiary/aromatic N) is 3. The smallest absolute Gasteiger partial charge is 0.497 e. The van der Waals surface area contributed by atoms with Crippen LogP contribution in [0.5, 0.6) is 5.75 Å². The number of rotatable bonds is 11. The summed E-state index contributed by atoms with van der Waals surface area (Å²) >= 11 is 0. The molecule has 1 atom stereocenters. The van der Waals surface area contributed by atoms with Gasteiger partial charge in [-0.25, -0.2) is 12.8 Å². The van der Waals surface area contributed by atoms with E-state index in [1.165, 1.54) is 4.31 Å². The highest BCUT2D eigenvalue weighted by Gasteiger charge is 2.40. The molecule has 0 bridgehead atoms. The molecule has 0 aromatic heterocycles. The number of sulfonamides is 1. The van der Waals surface area contributed by atoms with Gasteiger partial charge in [0, 0.05) is 58.3 Å². The van der Waals surface area contributed by atoms with Gasteiger partial charge < -0.3 is 14.2 Å². The lowest BCUT2D eigenvalue weighted by Crippen LogP contribution is -2.55. The Bertz CT molecular complexity index is 1490. The average Bonchev–Trinajstić information content (AvgIpc) is 3.01. The van der Waals surface area contributed by atoms with Crippen LogP contribution in [0.25, 0.3) is 5.57 Å². The summed E-state index contributed by atoms with van der Waals surface area (Å²) in [6, 6.07) is 14.2. The summed E-state index contributed by atoms with van der Waals surface area (Å²) < 4.78 is 97.4. The number of alkyl halides is 4. The highest BCUT2D eigenvalue weighted by atomic mass is 32.2. The monoisotopic (exact) mass is 667 g/mol. The summed E-state index contributed by atoms with van der Waals surface area (Å²) in [4.78, 5) is 4.40. The van der Waals surface area contributed by atoms with E-state index in [9.17, 15) is 21.6 Å². The molecular formula is C33H41F4N3O5S. The predicted molar refractivity (Wildman–Crippen MR) is 166 cm³/mol. The maximum atomic E-state index is 16.6. The van der Waals surface area contributed by atoms with Crippen molar-refractivity contribution in [3.8, 4) is 5.75 Å². The lowest BCUT2D eigenvalue weighted by molar-refractivity contribution is -0.274. The van der Waals surface area contributed by atoms with Crippen LogP contribution in [0.1, 0.15) is 38.7 Å². The first-order valence-electron chi connectivity index (χ1n) is 15.7. The van der Waals surface area contributed by atoms with Crippen LogP contribution >= 0.6 is 0 Å². The molecule has 2 heterocycles. The highest BCUT2D eigenvalue weighted by molar-refractivity contribution is 7.89. The molecule has 252 valence electrons. The maximum absolute atomic E-state index is 16.6. The summed E-state index contributed by atoms with van der Waals surface area (Å²) in [7, 11) is -3.85. The summed E-state index contributed by atoms with van der Waals surface area (Å²) in [6.07, 6.45) is -1.86. The van der Waals surface area contributed by atoms with E-state index in [1.807, 2.05) is 44.2 Å². The number of allylic oxidation sites excluding steroid dienone is 2. The van der Waals surface area contributed by atoms with Crippen LogP contribution in [0.15, 0.2) is 77.1 Å². The Morgan fingerprint density at radius 2 is 1.50 bits per heavy atom. The molecule has 13 heteroatoms. The number of ether oxygens (including phenoxy) is 3. The van der Waals surface area contributed by atoms with Gasteiger partial charge in [0.05, 0.1) is 23.7 Å². The van der Waals surface area contributed by atoms with Gasteiger partial charge in [-0.2, -0.15) is 4.31 Å². The molecule has 0 saturated carbocycles. The third-order valence-corrected chi connectivity index (χ3v) is 10.5. The van der Waals surface area contributed by atoms with Gasteiger partial charge in [0.1, 0.15) is 17.3 Å². The van der Waals surface area contributed by atoms with Crippen molar-refractivity contribution in [2.24, 2.45) is 0 Å². The van der Waals surface area contributed by atoms with Gasteiger partial charge in [0.2, 0.25) is 10.0 Å². The number of piperidine rings is 1. The van der Waals surface area contributed by atoms with Gasteiger partial charge >= 0.3 is 6.36 Å². The molecule has 5 rings (SSSR count). The molecule has 0 amide bonds. The van der Waals surface area contributed by atoms with E-state index < -0.39 is 27.8 Å². The second-order valence-electron chi connectivity index (χ2n) is 11.7. The second kappa shape index (κ2) is 14.3. The predicted octanol–water partition coefficient (Wildman–Crippen LogP) is 5.84. The van der Waals surface area contributed by atoms with Crippen molar-refractivity contribution in [2.75, 3.05) is 59.0 Å². The largest absolute Gasteiger partial charge is 0.573 e. The number of benzene rings is 2. The minimum absolute atomic E-state index is 0.0725. The van der Waals surface area contributed by atoms with Gasteiger partial charge in [-0.3, -0.25) is 9.80 Å². The minimum atomic E-state index is -4.85. The van der Waals surface area contributed by atoms with Crippen molar-refractivity contribution in [3.63, 3.8) is 0 Å². The van der Waals surface area contributed by atoms with Crippen molar-refractivity contribution in [3.05, 3.63) is 77.8 Å². The molecule has 8 nitrogen and oxygen atoms in total. The van der Waals surface area contributed by atoms with Gasteiger partial charge in [0.25, 0.3) is 0 Å². The normalized spacial score (nSPS) is 22.9. The zero-order chi connectivity index (χ0) is 33.0. The van der Waals surface area contributed by atoms with Crippen molar-refractivity contribution in [2.45, 2.75) is 56.1 Å². The molecule has 2 saturated heterocycles. The topological polar surface area (TPSA) is 71.6 Å². The molecule has 0 N–H and O–H groups in total. The van der Waals surface area contributed by atoms with E-state index in [2.05, 4.69) is 14.5 Å². The van der Waals surface area contributed by atoms with Crippen LogP contribution in [0, 0.1) is 0 Å². The molecule has 0 radical (unpaired) electrons. The molecule has 2 aliphatic heterocycles. The molecule has 2 aromatic carbocycles. The fourth-order valence-electron chi connectivity index (χ4n) is 6.50. The number of hydrogen-bond donors (Lipinski definition) is 0. The summed E-state index contributed by atoms with van der Waals surface area (Å²) in [6.45, 7) is 8.24. The zero-order valence-electron chi connectivity index (χ0n) is 26.1. The lowest BCUT2D eigenvalue weighted by atomic mass is 9.87. The Hall–Kier alpha value is -3.13. The van der Waals surface area contributed by atoms with E-state index in [-0.39, 0.29) is 23.9 Å².